The number of imidazole rings is 1. The Balaban J connectivity index is 1.26. The molecule has 8 nitrogen and oxygen atoms in total. The molecule has 1 amide bonds. The van der Waals surface area contributed by atoms with E-state index >= 15 is 0 Å². The fourth-order valence-electron chi connectivity index (χ4n) is 4.75. The molecule has 2 aliphatic rings. The summed E-state index contributed by atoms with van der Waals surface area (Å²) in [5, 5.41) is 12.1. The molecule has 0 saturated carbocycles. The van der Waals surface area contributed by atoms with Crippen molar-refractivity contribution in [3.05, 3.63) is 83.7 Å². The molecule has 33 heavy (non-hydrogen) atoms. The van der Waals surface area contributed by atoms with Crippen LogP contribution in [0, 0.1) is 11.3 Å². The van der Waals surface area contributed by atoms with Crippen molar-refractivity contribution in [1.82, 2.24) is 24.8 Å². The second kappa shape index (κ2) is 9.14. The van der Waals surface area contributed by atoms with Gasteiger partial charge in [0.2, 0.25) is 0 Å². The van der Waals surface area contributed by atoms with E-state index in [0.29, 0.717) is 18.7 Å². The molecular weight excluding hydrogens is 416 g/mol. The Kier molecular flexibility index (Phi) is 5.90. The first-order chi connectivity index (χ1) is 16.1. The van der Waals surface area contributed by atoms with Crippen molar-refractivity contribution in [3.8, 4) is 6.07 Å². The number of benzene rings is 1. The summed E-state index contributed by atoms with van der Waals surface area (Å²) in [6.07, 6.45) is 8.13. The van der Waals surface area contributed by atoms with Gasteiger partial charge in [-0.2, -0.15) is 5.26 Å². The van der Waals surface area contributed by atoms with Crippen molar-refractivity contribution in [2.45, 2.75) is 44.2 Å². The molecule has 5 rings (SSSR count). The fourth-order valence-corrected chi connectivity index (χ4v) is 4.75. The molecule has 1 atom stereocenters. The number of rotatable bonds is 5. The quantitative estimate of drug-likeness (QED) is 0.652. The molecule has 1 fully saturated rings. The van der Waals surface area contributed by atoms with Crippen LogP contribution in [0.4, 0.5) is 0 Å². The minimum Gasteiger partial charge on any atom is -0.352 e. The molecular formula is C25H26N6O2. The van der Waals surface area contributed by atoms with Crippen molar-refractivity contribution in [2.75, 3.05) is 13.1 Å². The van der Waals surface area contributed by atoms with Crippen molar-refractivity contribution in [1.29, 1.82) is 5.26 Å². The van der Waals surface area contributed by atoms with Gasteiger partial charge in [0.05, 0.1) is 18.2 Å². The highest BCUT2D eigenvalue weighted by Crippen LogP contribution is 2.40. The Labute approximate surface area is 192 Å². The third-order valence-electron chi connectivity index (χ3n) is 6.46. The second-order valence-corrected chi connectivity index (χ2v) is 8.67. The normalized spacial score (nSPS) is 19.5. The van der Waals surface area contributed by atoms with Crippen molar-refractivity contribution in [3.63, 3.8) is 0 Å². The van der Waals surface area contributed by atoms with E-state index < -0.39 is 11.7 Å². The molecule has 3 aromatic rings. The molecule has 2 aromatic heterocycles. The van der Waals surface area contributed by atoms with Crippen molar-refractivity contribution >= 4 is 5.91 Å². The van der Waals surface area contributed by atoms with Gasteiger partial charge in [0, 0.05) is 51.0 Å². The third kappa shape index (κ3) is 4.51. The maximum atomic E-state index is 13.0. The fraction of sp³-hybridized carbons (Fsp3) is 0.360. The number of pyridine rings is 1. The number of hydrogen-bond acceptors (Lipinski definition) is 6. The summed E-state index contributed by atoms with van der Waals surface area (Å²) in [6, 6.07) is 13.7. The Morgan fingerprint density at radius 3 is 2.85 bits per heavy atom. The zero-order chi connectivity index (χ0) is 22.7. The molecule has 1 aromatic carbocycles. The van der Waals surface area contributed by atoms with E-state index in [9.17, 15) is 4.79 Å². The van der Waals surface area contributed by atoms with Crippen molar-refractivity contribution in [2.24, 2.45) is 0 Å². The number of carbonyl (C=O) groups excluding carboxylic acids is 1. The number of carbonyl (C=O) groups is 1. The molecule has 1 saturated heterocycles. The van der Waals surface area contributed by atoms with Gasteiger partial charge in [0.25, 0.3) is 5.91 Å². The standard InChI is InChI=1S/C25H26N6O2/c26-14-19-3-1-4-20(13-19)17-30-10-6-25(7-11-30)24-28-9-12-31(24)18-22(33-25)23(32)29-16-21-5-2-8-27-15-21/h1-5,8-9,12-13,15,22H,6-7,10-11,16-18H2,(H,29,32)/t22-/m0/s1. The molecule has 0 radical (unpaired) electrons. The number of ether oxygens (including phenoxy) is 1. The monoisotopic (exact) mass is 442 g/mol. The first kappa shape index (κ1) is 21.3. The number of nitriles is 1. The SMILES string of the molecule is N#Cc1cccc(CN2CCC3(CC2)O[C@H](C(=O)NCc2cccnc2)Cn2ccnc23)c1. The minimum atomic E-state index is -0.567. The first-order valence-corrected chi connectivity index (χ1v) is 11.2. The van der Waals surface area contributed by atoms with Gasteiger partial charge in [-0.05, 0) is 42.2 Å². The molecule has 0 aliphatic carbocycles. The Bertz CT molecular complexity index is 1160. The topological polar surface area (TPSA) is 96.1 Å². The molecule has 1 N–H and O–H groups in total. The maximum absolute atomic E-state index is 13.0. The third-order valence-corrected chi connectivity index (χ3v) is 6.46. The summed E-state index contributed by atoms with van der Waals surface area (Å²) in [7, 11) is 0. The predicted octanol–water partition coefficient (Wildman–Crippen LogP) is 2.36. The van der Waals surface area contributed by atoms with Crippen LogP contribution in [0.25, 0.3) is 0 Å². The number of hydrogen-bond donors (Lipinski definition) is 1. The molecule has 4 heterocycles. The van der Waals surface area contributed by atoms with Gasteiger partial charge in [0.15, 0.2) is 6.10 Å². The summed E-state index contributed by atoms with van der Waals surface area (Å²) < 4.78 is 8.56. The molecule has 2 aliphatic heterocycles. The predicted molar refractivity (Wildman–Crippen MR) is 121 cm³/mol. The van der Waals surface area contributed by atoms with Gasteiger partial charge in [-0.3, -0.25) is 14.7 Å². The van der Waals surface area contributed by atoms with Crippen LogP contribution >= 0.6 is 0 Å². The van der Waals surface area contributed by atoms with Gasteiger partial charge in [-0.25, -0.2) is 4.98 Å². The second-order valence-electron chi connectivity index (χ2n) is 8.67. The van der Waals surface area contributed by atoms with Crippen LogP contribution in [0.15, 0.2) is 61.2 Å². The smallest absolute Gasteiger partial charge is 0.251 e. The number of aromatic nitrogens is 3. The minimum absolute atomic E-state index is 0.117. The van der Waals surface area contributed by atoms with Crippen LogP contribution in [-0.4, -0.2) is 44.5 Å². The largest absolute Gasteiger partial charge is 0.352 e. The summed E-state index contributed by atoms with van der Waals surface area (Å²) >= 11 is 0. The van der Waals surface area contributed by atoms with E-state index in [2.05, 4.69) is 36.9 Å². The highest BCUT2D eigenvalue weighted by Gasteiger charge is 2.47. The Hall–Kier alpha value is -3.54. The number of nitrogens with one attached hydrogen (secondary N) is 1. The average molecular weight is 443 g/mol. The van der Waals surface area contributed by atoms with E-state index in [0.717, 1.165) is 49.4 Å². The van der Waals surface area contributed by atoms with Crippen LogP contribution < -0.4 is 5.32 Å². The van der Waals surface area contributed by atoms with Gasteiger partial charge in [-0.1, -0.05) is 18.2 Å². The highest BCUT2D eigenvalue weighted by molar-refractivity contribution is 5.80. The van der Waals surface area contributed by atoms with E-state index in [1.807, 2.05) is 36.5 Å². The number of fused-ring (bicyclic) bond motifs is 2. The Morgan fingerprint density at radius 2 is 2.06 bits per heavy atom. The lowest BCUT2D eigenvalue weighted by atomic mass is 9.88. The van der Waals surface area contributed by atoms with E-state index in [-0.39, 0.29) is 5.91 Å². The van der Waals surface area contributed by atoms with Gasteiger partial charge < -0.3 is 14.6 Å². The number of likely N-dealkylation sites (tertiary alicyclic amines) is 1. The highest BCUT2D eigenvalue weighted by atomic mass is 16.5. The first-order valence-electron chi connectivity index (χ1n) is 11.2. The maximum Gasteiger partial charge on any atom is 0.251 e. The average Bonchev–Trinajstić information content (AvgIpc) is 3.35. The molecule has 168 valence electrons. The van der Waals surface area contributed by atoms with Gasteiger partial charge in [0.1, 0.15) is 11.4 Å². The van der Waals surface area contributed by atoms with Gasteiger partial charge >= 0.3 is 0 Å². The van der Waals surface area contributed by atoms with Crippen LogP contribution in [-0.2, 0) is 34.8 Å². The number of amides is 1. The summed E-state index contributed by atoms with van der Waals surface area (Å²) in [4.78, 5) is 24.0. The van der Waals surface area contributed by atoms with Crippen LogP contribution in [0.2, 0.25) is 0 Å². The summed E-state index contributed by atoms with van der Waals surface area (Å²) in [5.74, 6) is 0.790. The summed E-state index contributed by atoms with van der Waals surface area (Å²) in [5.41, 5.74) is 2.19. The molecule has 0 bridgehead atoms. The number of nitrogens with zero attached hydrogens (tertiary/aromatic N) is 5. The molecule has 0 unspecified atom stereocenters. The zero-order valence-electron chi connectivity index (χ0n) is 18.4. The summed E-state index contributed by atoms with van der Waals surface area (Å²) in [6.45, 7) is 3.32. The zero-order valence-corrected chi connectivity index (χ0v) is 18.4. The lowest BCUT2D eigenvalue weighted by Gasteiger charge is -2.45. The van der Waals surface area contributed by atoms with Crippen LogP contribution in [0.3, 0.4) is 0 Å². The van der Waals surface area contributed by atoms with E-state index in [4.69, 9.17) is 10.00 Å². The number of piperidine rings is 1. The lowest BCUT2D eigenvalue weighted by Crippen LogP contribution is -2.53. The Morgan fingerprint density at radius 1 is 1.21 bits per heavy atom. The molecule has 8 heteroatoms. The molecule has 1 spiro atoms. The van der Waals surface area contributed by atoms with Crippen LogP contribution in [0.5, 0.6) is 0 Å². The van der Waals surface area contributed by atoms with Crippen LogP contribution in [0.1, 0.15) is 35.4 Å². The van der Waals surface area contributed by atoms with Gasteiger partial charge in [-0.15, -0.1) is 0 Å². The van der Waals surface area contributed by atoms with Crippen molar-refractivity contribution < 1.29 is 9.53 Å². The van der Waals surface area contributed by atoms with E-state index in [1.54, 1.807) is 18.6 Å². The van der Waals surface area contributed by atoms with E-state index in [1.165, 1.54) is 0 Å². The lowest BCUT2D eigenvalue weighted by molar-refractivity contribution is -0.174.